The van der Waals surface area contributed by atoms with Crippen LogP contribution in [0.25, 0.3) is 0 Å². The van der Waals surface area contributed by atoms with Crippen molar-refractivity contribution in [1.29, 1.82) is 0 Å². The van der Waals surface area contributed by atoms with Crippen LogP contribution in [0.15, 0.2) is 52.1 Å². The normalized spacial score (nSPS) is 16.7. The number of amides is 1. The lowest BCUT2D eigenvalue weighted by Gasteiger charge is -2.22. The van der Waals surface area contributed by atoms with Gasteiger partial charge in [-0.25, -0.2) is 4.79 Å². The number of nitrogens with zero attached hydrogens (tertiary/aromatic N) is 2. The largest absolute Gasteiger partial charge is 0.452 e. The van der Waals surface area contributed by atoms with Crippen LogP contribution in [0.1, 0.15) is 23.7 Å². The number of benzene rings is 1. The summed E-state index contributed by atoms with van der Waals surface area (Å²) in [6.45, 7) is 2.47. The molecule has 0 saturated heterocycles. The van der Waals surface area contributed by atoms with Crippen LogP contribution in [-0.2, 0) is 9.53 Å². The van der Waals surface area contributed by atoms with Crippen LogP contribution < -0.4 is 4.90 Å². The molecule has 1 atom stereocenters. The first-order chi connectivity index (χ1) is 12.0. The Kier molecular flexibility index (Phi) is 5.75. The average molecular weight is 421 g/mol. The lowest BCUT2D eigenvalue weighted by Crippen LogP contribution is -2.35. The van der Waals surface area contributed by atoms with Gasteiger partial charge < -0.3 is 9.64 Å². The van der Waals surface area contributed by atoms with E-state index in [-0.39, 0.29) is 12.5 Å². The monoisotopic (exact) mass is 420 g/mol. The van der Waals surface area contributed by atoms with Gasteiger partial charge >= 0.3 is 5.97 Å². The van der Waals surface area contributed by atoms with Crippen molar-refractivity contribution in [1.82, 2.24) is 4.98 Å². The third-order valence-corrected chi connectivity index (χ3v) is 5.48. The Balaban J connectivity index is 1.70. The molecule has 0 N–H and O–H groups in total. The molecule has 0 fully saturated rings. The molecule has 1 amide bonds. The van der Waals surface area contributed by atoms with Gasteiger partial charge in [-0.2, -0.15) is 0 Å². The van der Waals surface area contributed by atoms with Crippen LogP contribution in [-0.4, -0.2) is 35.3 Å². The van der Waals surface area contributed by atoms with Gasteiger partial charge in [0.15, 0.2) is 6.61 Å². The number of pyridine rings is 1. The van der Waals surface area contributed by atoms with Crippen molar-refractivity contribution in [2.24, 2.45) is 0 Å². The van der Waals surface area contributed by atoms with E-state index >= 15 is 0 Å². The lowest BCUT2D eigenvalue weighted by molar-refractivity contribution is -0.121. The van der Waals surface area contributed by atoms with E-state index in [9.17, 15) is 9.59 Å². The number of anilines is 1. The van der Waals surface area contributed by atoms with E-state index in [0.717, 1.165) is 17.0 Å². The summed E-state index contributed by atoms with van der Waals surface area (Å²) in [6.07, 6.45) is 3.88. The zero-order valence-electron chi connectivity index (χ0n) is 13.6. The molecule has 0 radical (unpaired) electrons. The van der Waals surface area contributed by atoms with Gasteiger partial charge in [-0.1, -0.05) is 19.1 Å². The van der Waals surface area contributed by atoms with E-state index in [4.69, 9.17) is 4.74 Å². The second kappa shape index (κ2) is 8.01. The van der Waals surface area contributed by atoms with Crippen LogP contribution in [0.2, 0.25) is 0 Å². The molecule has 1 aromatic carbocycles. The van der Waals surface area contributed by atoms with Gasteiger partial charge in [0.2, 0.25) is 0 Å². The highest BCUT2D eigenvalue weighted by molar-refractivity contribution is 9.10. The zero-order valence-corrected chi connectivity index (χ0v) is 16.0. The SMILES string of the molecule is CC1CCN(C(=O)COC(=O)c2cncc(Br)c2)c2ccccc2S1. The van der Waals surface area contributed by atoms with Crippen LogP contribution in [0.5, 0.6) is 0 Å². The summed E-state index contributed by atoms with van der Waals surface area (Å²) >= 11 is 5.02. The van der Waals surface area contributed by atoms with Crippen molar-refractivity contribution in [3.05, 3.63) is 52.8 Å². The number of carbonyl (C=O) groups excluding carboxylic acids is 2. The van der Waals surface area contributed by atoms with Gasteiger partial charge in [0.25, 0.3) is 5.91 Å². The number of para-hydroxylation sites is 1. The number of hydrogen-bond donors (Lipinski definition) is 0. The smallest absolute Gasteiger partial charge is 0.340 e. The Morgan fingerprint density at radius 3 is 2.96 bits per heavy atom. The van der Waals surface area contributed by atoms with E-state index in [1.807, 2.05) is 24.3 Å². The Morgan fingerprint density at radius 2 is 2.16 bits per heavy atom. The van der Waals surface area contributed by atoms with E-state index < -0.39 is 5.97 Å². The fraction of sp³-hybridized carbons (Fsp3) is 0.278. The standard InChI is InChI=1S/C18H17BrN2O3S/c1-12-6-7-21(15-4-2-3-5-16(15)25-12)17(22)11-24-18(23)13-8-14(19)10-20-9-13/h2-5,8-10,12H,6-7,11H2,1H3. The van der Waals surface area contributed by atoms with Crippen molar-refractivity contribution in [3.8, 4) is 0 Å². The minimum absolute atomic E-state index is 0.224. The molecule has 0 spiro atoms. The maximum Gasteiger partial charge on any atom is 0.340 e. The van der Waals surface area contributed by atoms with Crippen molar-refractivity contribution >= 4 is 45.3 Å². The van der Waals surface area contributed by atoms with E-state index in [1.165, 1.54) is 6.20 Å². The molecular weight excluding hydrogens is 404 g/mol. The summed E-state index contributed by atoms with van der Waals surface area (Å²) in [5.41, 5.74) is 1.18. The second-order valence-corrected chi connectivity index (χ2v) is 8.09. The van der Waals surface area contributed by atoms with Crippen LogP contribution in [0, 0.1) is 0 Å². The number of fused-ring (bicyclic) bond motifs is 1. The molecule has 1 aliphatic rings. The highest BCUT2D eigenvalue weighted by Gasteiger charge is 2.25. The zero-order chi connectivity index (χ0) is 17.8. The summed E-state index contributed by atoms with van der Waals surface area (Å²) in [6, 6.07) is 9.43. The second-order valence-electron chi connectivity index (χ2n) is 5.70. The molecule has 0 bridgehead atoms. The molecule has 2 heterocycles. The minimum atomic E-state index is -0.562. The van der Waals surface area contributed by atoms with Gasteiger partial charge in [-0.3, -0.25) is 9.78 Å². The molecule has 1 aliphatic heterocycles. The summed E-state index contributed by atoms with van der Waals surface area (Å²) in [5.74, 6) is -0.786. The molecule has 7 heteroatoms. The molecule has 2 aromatic rings. The van der Waals surface area contributed by atoms with Gasteiger partial charge in [-0.15, -0.1) is 11.8 Å². The molecule has 0 saturated carbocycles. The molecule has 130 valence electrons. The first kappa shape index (κ1) is 17.9. The van der Waals surface area contributed by atoms with E-state index in [1.54, 1.807) is 28.9 Å². The third kappa shape index (κ3) is 4.41. The Labute approximate surface area is 158 Å². The predicted molar refractivity (Wildman–Crippen MR) is 101 cm³/mol. The van der Waals surface area contributed by atoms with Gasteiger partial charge in [0.05, 0.1) is 11.3 Å². The number of aromatic nitrogens is 1. The van der Waals surface area contributed by atoms with Gasteiger partial charge in [0.1, 0.15) is 0 Å². The van der Waals surface area contributed by atoms with Gasteiger partial charge in [0, 0.05) is 33.6 Å². The number of rotatable bonds is 3. The summed E-state index contributed by atoms with van der Waals surface area (Å²) in [5, 5.41) is 0.425. The number of thioether (sulfide) groups is 1. The molecule has 5 nitrogen and oxygen atoms in total. The van der Waals surface area contributed by atoms with Gasteiger partial charge in [-0.05, 0) is 40.5 Å². The lowest BCUT2D eigenvalue weighted by atomic mass is 10.2. The quantitative estimate of drug-likeness (QED) is 0.704. The number of hydrogen-bond acceptors (Lipinski definition) is 5. The third-order valence-electron chi connectivity index (χ3n) is 3.81. The number of halogens is 1. The topological polar surface area (TPSA) is 59.5 Å². The van der Waals surface area contributed by atoms with E-state index in [0.29, 0.717) is 21.8 Å². The minimum Gasteiger partial charge on any atom is -0.452 e. The first-order valence-electron chi connectivity index (χ1n) is 7.88. The highest BCUT2D eigenvalue weighted by atomic mass is 79.9. The fourth-order valence-corrected chi connectivity index (χ4v) is 4.04. The summed E-state index contributed by atoms with van der Waals surface area (Å²) < 4.78 is 5.86. The maximum atomic E-state index is 12.6. The van der Waals surface area contributed by atoms with Crippen LogP contribution in [0.3, 0.4) is 0 Å². The molecule has 1 unspecified atom stereocenters. The predicted octanol–water partition coefficient (Wildman–Crippen LogP) is 3.92. The number of ether oxygens (including phenoxy) is 1. The van der Waals surface area contributed by atoms with Crippen LogP contribution in [0.4, 0.5) is 5.69 Å². The Morgan fingerprint density at radius 1 is 1.36 bits per heavy atom. The molecular formula is C18H17BrN2O3S. The number of carbonyl (C=O) groups is 2. The Hall–Kier alpha value is -1.86. The fourth-order valence-electron chi connectivity index (χ4n) is 2.56. The van der Waals surface area contributed by atoms with E-state index in [2.05, 4.69) is 27.8 Å². The Bertz CT molecular complexity index is 799. The highest BCUT2D eigenvalue weighted by Crippen LogP contribution is 2.37. The van der Waals surface area contributed by atoms with Crippen LogP contribution >= 0.6 is 27.7 Å². The van der Waals surface area contributed by atoms with Crippen molar-refractivity contribution in [2.45, 2.75) is 23.5 Å². The number of esters is 1. The van der Waals surface area contributed by atoms with Crippen molar-refractivity contribution in [2.75, 3.05) is 18.1 Å². The maximum absolute atomic E-state index is 12.6. The van der Waals surface area contributed by atoms with Crippen molar-refractivity contribution < 1.29 is 14.3 Å². The first-order valence-corrected chi connectivity index (χ1v) is 9.55. The summed E-state index contributed by atoms with van der Waals surface area (Å²) in [7, 11) is 0. The molecule has 1 aromatic heterocycles. The van der Waals surface area contributed by atoms with Crippen molar-refractivity contribution in [3.63, 3.8) is 0 Å². The molecule has 3 rings (SSSR count). The molecule has 0 aliphatic carbocycles. The molecule has 25 heavy (non-hydrogen) atoms. The average Bonchev–Trinajstić information content (AvgIpc) is 2.77. The summed E-state index contributed by atoms with van der Waals surface area (Å²) in [4.78, 5) is 31.4.